The maximum Gasteiger partial charge on any atom is 0.243 e. The van der Waals surface area contributed by atoms with Gasteiger partial charge in [0.05, 0.1) is 24.5 Å². The van der Waals surface area contributed by atoms with Gasteiger partial charge in [-0.1, -0.05) is 68.7 Å². The molecule has 3 aliphatic rings. The topological polar surface area (TPSA) is 98.7 Å². The molecule has 1 saturated heterocycles. The van der Waals surface area contributed by atoms with Gasteiger partial charge < -0.3 is 20.6 Å². The summed E-state index contributed by atoms with van der Waals surface area (Å²) >= 11 is 0. The Hall–Kier alpha value is -2.67. The maximum atomic E-state index is 14.1. The molecule has 0 spiro atoms. The highest BCUT2D eigenvalue weighted by Crippen LogP contribution is 2.46. The largest absolute Gasteiger partial charge is 0.394 e. The van der Waals surface area contributed by atoms with Crippen LogP contribution in [0, 0.1) is 23.7 Å². The van der Waals surface area contributed by atoms with Gasteiger partial charge in [0.2, 0.25) is 17.7 Å². The van der Waals surface area contributed by atoms with Crippen LogP contribution >= 0.6 is 0 Å². The van der Waals surface area contributed by atoms with E-state index in [-0.39, 0.29) is 36.3 Å². The van der Waals surface area contributed by atoms with Crippen molar-refractivity contribution in [3.63, 3.8) is 0 Å². The van der Waals surface area contributed by atoms with E-state index in [9.17, 15) is 19.5 Å². The molecule has 7 nitrogen and oxygen atoms in total. The van der Waals surface area contributed by atoms with Crippen LogP contribution in [0.4, 0.5) is 0 Å². The van der Waals surface area contributed by atoms with Crippen molar-refractivity contribution >= 4 is 17.7 Å². The number of aliphatic hydroxyl groups is 1. The van der Waals surface area contributed by atoms with Crippen LogP contribution in [-0.4, -0.2) is 59.5 Å². The average Bonchev–Trinajstić information content (AvgIpc) is 3.19. The van der Waals surface area contributed by atoms with Crippen molar-refractivity contribution in [1.29, 1.82) is 0 Å². The molecule has 1 heterocycles. The van der Waals surface area contributed by atoms with Crippen LogP contribution in [0.1, 0.15) is 51.0 Å². The quantitative estimate of drug-likeness (QED) is 0.497. The Balaban J connectivity index is 1.70. The molecule has 1 aromatic carbocycles. The molecule has 0 unspecified atom stereocenters. The molecule has 0 bridgehead atoms. The van der Waals surface area contributed by atoms with E-state index >= 15 is 0 Å². The Labute approximate surface area is 208 Å². The van der Waals surface area contributed by atoms with Crippen molar-refractivity contribution in [3.05, 3.63) is 48.0 Å². The van der Waals surface area contributed by atoms with Crippen molar-refractivity contribution < 1.29 is 19.5 Å². The van der Waals surface area contributed by atoms with Gasteiger partial charge in [-0.2, -0.15) is 0 Å². The number of hydrogen-bond donors (Lipinski definition) is 3. The van der Waals surface area contributed by atoms with E-state index in [0.717, 1.165) is 37.7 Å². The average molecular weight is 482 g/mol. The molecule has 3 N–H and O–H groups in total. The summed E-state index contributed by atoms with van der Waals surface area (Å²) in [6, 6.07) is 8.54. The van der Waals surface area contributed by atoms with Crippen molar-refractivity contribution in [3.8, 4) is 0 Å². The number of aliphatic hydroxyl groups excluding tert-OH is 1. The first-order chi connectivity index (χ1) is 17.0. The molecule has 2 aliphatic carbocycles. The van der Waals surface area contributed by atoms with Crippen LogP contribution < -0.4 is 10.6 Å². The van der Waals surface area contributed by atoms with Gasteiger partial charge in [0.25, 0.3) is 0 Å². The van der Waals surface area contributed by atoms with Gasteiger partial charge in [0.1, 0.15) is 6.04 Å². The van der Waals surface area contributed by atoms with Gasteiger partial charge in [-0.15, -0.1) is 0 Å². The molecule has 1 aliphatic heterocycles. The van der Waals surface area contributed by atoms with Crippen LogP contribution in [0.25, 0.3) is 0 Å². The lowest BCUT2D eigenvalue weighted by Crippen LogP contribution is -2.54. The molecule has 2 fully saturated rings. The number of hydrogen-bond acceptors (Lipinski definition) is 4. The number of benzene rings is 1. The SMILES string of the molecule is CC[C@@H]1C=C[C@H]2[C@H](C(=O)N([C@@H](CO)Cc3ccccc3)[C@@H]2C(=O)NC2CCCCC2)[C@@H]1C(=O)NC. The Morgan fingerprint density at radius 1 is 1.09 bits per heavy atom. The minimum Gasteiger partial charge on any atom is -0.394 e. The smallest absolute Gasteiger partial charge is 0.243 e. The molecule has 1 aromatic rings. The molecule has 4 rings (SSSR count). The highest BCUT2D eigenvalue weighted by molar-refractivity contribution is 5.97. The van der Waals surface area contributed by atoms with Crippen LogP contribution in [0.3, 0.4) is 0 Å². The highest BCUT2D eigenvalue weighted by Gasteiger charge is 2.58. The van der Waals surface area contributed by atoms with E-state index in [1.54, 1.807) is 11.9 Å². The van der Waals surface area contributed by atoms with Crippen LogP contribution in [0.15, 0.2) is 42.5 Å². The van der Waals surface area contributed by atoms with Gasteiger partial charge in [-0.05, 0) is 37.2 Å². The van der Waals surface area contributed by atoms with E-state index < -0.39 is 29.8 Å². The second kappa shape index (κ2) is 11.4. The highest BCUT2D eigenvalue weighted by atomic mass is 16.3. The first-order valence-electron chi connectivity index (χ1n) is 13.2. The summed E-state index contributed by atoms with van der Waals surface area (Å²) in [5.41, 5.74) is 0.991. The summed E-state index contributed by atoms with van der Waals surface area (Å²) in [6.45, 7) is 1.76. The third kappa shape index (κ3) is 5.15. The number of carbonyl (C=O) groups excluding carboxylic acids is 3. The van der Waals surface area contributed by atoms with E-state index in [2.05, 4.69) is 10.6 Å². The van der Waals surface area contributed by atoms with Gasteiger partial charge in [0, 0.05) is 19.0 Å². The van der Waals surface area contributed by atoms with E-state index in [1.165, 1.54) is 6.42 Å². The number of amides is 3. The van der Waals surface area contributed by atoms with E-state index in [1.807, 2.05) is 49.4 Å². The fourth-order valence-electron chi connectivity index (χ4n) is 6.42. The molecule has 7 heteroatoms. The molecule has 6 atom stereocenters. The summed E-state index contributed by atoms with van der Waals surface area (Å²) in [5, 5.41) is 16.4. The number of fused-ring (bicyclic) bond motifs is 1. The monoisotopic (exact) mass is 481 g/mol. The number of likely N-dealkylation sites (tertiary alicyclic amines) is 1. The first-order valence-corrected chi connectivity index (χ1v) is 13.2. The van der Waals surface area contributed by atoms with Crippen molar-refractivity contribution in [2.75, 3.05) is 13.7 Å². The van der Waals surface area contributed by atoms with Crippen molar-refractivity contribution in [1.82, 2.24) is 15.5 Å². The summed E-state index contributed by atoms with van der Waals surface area (Å²) in [7, 11) is 1.60. The van der Waals surface area contributed by atoms with Gasteiger partial charge in [-0.3, -0.25) is 14.4 Å². The van der Waals surface area contributed by atoms with E-state index in [0.29, 0.717) is 6.42 Å². The first kappa shape index (κ1) is 25.4. The Morgan fingerprint density at radius 3 is 2.43 bits per heavy atom. The third-order valence-electron chi connectivity index (χ3n) is 8.21. The molecule has 0 aromatic heterocycles. The molecule has 35 heavy (non-hydrogen) atoms. The van der Waals surface area contributed by atoms with Crippen LogP contribution in [-0.2, 0) is 20.8 Å². The summed E-state index contributed by atoms with van der Waals surface area (Å²) < 4.78 is 0. The van der Waals surface area contributed by atoms with Crippen molar-refractivity contribution in [2.24, 2.45) is 23.7 Å². The number of allylic oxidation sites excluding steroid dienone is 1. The zero-order valence-electron chi connectivity index (χ0n) is 20.9. The molecule has 190 valence electrons. The minimum absolute atomic E-state index is 0.0659. The summed E-state index contributed by atoms with van der Waals surface area (Å²) in [4.78, 5) is 42.4. The fourth-order valence-corrected chi connectivity index (χ4v) is 6.42. The fraction of sp³-hybridized carbons (Fsp3) is 0.607. The standard InChI is InChI=1S/C28H39N3O4/c1-3-19-14-15-22-24(23(19)26(33)29-2)28(35)31(21(17-32)16-18-10-6-4-7-11-18)25(22)27(34)30-20-12-8-5-9-13-20/h4,6-7,10-11,14-15,19-25,32H,3,5,8-9,12-13,16-17H2,1-2H3,(H,29,33)(H,30,34)/t19-,21-,22+,23-,24+,25+/m1/s1. The molecule has 1 saturated carbocycles. The predicted molar refractivity (Wildman–Crippen MR) is 134 cm³/mol. The Morgan fingerprint density at radius 2 is 1.80 bits per heavy atom. The Kier molecular flexibility index (Phi) is 8.26. The zero-order chi connectivity index (χ0) is 24.9. The number of nitrogens with zero attached hydrogens (tertiary/aromatic N) is 1. The third-order valence-corrected chi connectivity index (χ3v) is 8.21. The van der Waals surface area contributed by atoms with Gasteiger partial charge in [-0.25, -0.2) is 0 Å². The van der Waals surface area contributed by atoms with Crippen molar-refractivity contribution in [2.45, 2.75) is 70.0 Å². The number of carbonyl (C=O) groups is 3. The van der Waals surface area contributed by atoms with Crippen LogP contribution in [0.5, 0.6) is 0 Å². The van der Waals surface area contributed by atoms with Gasteiger partial charge >= 0.3 is 0 Å². The lowest BCUT2D eigenvalue weighted by molar-refractivity contribution is -0.143. The molecular formula is C28H39N3O4. The molecule has 3 amide bonds. The second-order valence-electron chi connectivity index (χ2n) is 10.3. The maximum absolute atomic E-state index is 14.1. The number of nitrogens with one attached hydrogen (secondary N) is 2. The zero-order valence-corrected chi connectivity index (χ0v) is 20.9. The normalized spacial score (nSPS) is 29.5. The Bertz CT molecular complexity index is 927. The minimum atomic E-state index is -0.739. The molecule has 0 radical (unpaired) electrons. The van der Waals surface area contributed by atoms with E-state index in [4.69, 9.17) is 0 Å². The number of rotatable bonds is 8. The van der Waals surface area contributed by atoms with Crippen LogP contribution in [0.2, 0.25) is 0 Å². The lowest BCUT2D eigenvalue weighted by Gasteiger charge is -2.35. The summed E-state index contributed by atoms with van der Waals surface area (Å²) in [6.07, 6.45) is 10.4. The second-order valence-corrected chi connectivity index (χ2v) is 10.3. The van der Waals surface area contributed by atoms with Gasteiger partial charge in [0.15, 0.2) is 0 Å². The predicted octanol–water partition coefficient (Wildman–Crippen LogP) is 2.44. The lowest BCUT2D eigenvalue weighted by atomic mass is 9.68. The summed E-state index contributed by atoms with van der Waals surface area (Å²) in [5.74, 6) is -2.15. The molecular weight excluding hydrogens is 442 g/mol.